The van der Waals surface area contributed by atoms with E-state index in [0.29, 0.717) is 22.3 Å². The lowest BCUT2D eigenvalue weighted by atomic mass is 10.1. The van der Waals surface area contributed by atoms with E-state index in [1.807, 2.05) is 30.3 Å². The summed E-state index contributed by atoms with van der Waals surface area (Å²) in [5, 5.41) is 5.46. The summed E-state index contributed by atoms with van der Waals surface area (Å²) in [5.74, 6) is -0.930. The van der Waals surface area contributed by atoms with Crippen LogP contribution in [-0.2, 0) is 16.1 Å². The minimum atomic E-state index is -0.810. The first-order chi connectivity index (χ1) is 14.6. The van der Waals surface area contributed by atoms with E-state index < -0.39 is 24.5 Å². The number of para-hydroxylation sites is 2. The van der Waals surface area contributed by atoms with Gasteiger partial charge in [-0.05, 0) is 31.0 Å². The van der Waals surface area contributed by atoms with Crippen molar-refractivity contribution in [3.63, 3.8) is 0 Å². The lowest BCUT2D eigenvalue weighted by Gasteiger charge is -2.08. The molecule has 8 nitrogen and oxygen atoms in total. The van der Waals surface area contributed by atoms with Crippen molar-refractivity contribution in [2.24, 2.45) is 0 Å². The molecule has 0 bridgehead atoms. The molecule has 1 heterocycles. The molecule has 2 N–H and O–H groups in total. The van der Waals surface area contributed by atoms with Crippen molar-refractivity contribution in [1.82, 2.24) is 10.6 Å². The Labute approximate surface area is 172 Å². The van der Waals surface area contributed by atoms with Crippen molar-refractivity contribution in [3.8, 4) is 5.75 Å². The maximum Gasteiger partial charge on any atom is 0.375 e. The molecule has 30 heavy (non-hydrogen) atoms. The first kappa shape index (κ1) is 19.5. The standard InChI is InChI=1S/C22H20N2O6/c25-19(24-22(27)23-14-10-11-14)13-29-21(26)20-17(12-28-15-6-2-1-3-7-15)16-8-4-5-9-18(16)30-20/h1-9,14H,10-13H2,(H2,23,24,25,27). The smallest absolute Gasteiger partial charge is 0.375 e. The number of imide groups is 1. The third-order valence-electron chi connectivity index (χ3n) is 4.51. The molecule has 0 unspecified atom stereocenters. The first-order valence-electron chi connectivity index (χ1n) is 9.56. The molecule has 3 amide bonds. The van der Waals surface area contributed by atoms with E-state index in [1.165, 1.54) is 0 Å². The topological polar surface area (TPSA) is 107 Å². The summed E-state index contributed by atoms with van der Waals surface area (Å²) in [6, 6.07) is 15.8. The number of carbonyl (C=O) groups is 3. The number of hydrogen-bond acceptors (Lipinski definition) is 6. The summed E-state index contributed by atoms with van der Waals surface area (Å²) >= 11 is 0. The van der Waals surface area contributed by atoms with Gasteiger partial charge in [-0.1, -0.05) is 36.4 Å². The van der Waals surface area contributed by atoms with Crippen molar-refractivity contribution < 1.29 is 28.3 Å². The minimum absolute atomic E-state index is 0.0395. The summed E-state index contributed by atoms with van der Waals surface area (Å²) in [5.41, 5.74) is 1.02. The van der Waals surface area contributed by atoms with Crippen LogP contribution in [0.2, 0.25) is 0 Å². The molecular formula is C22H20N2O6. The molecule has 0 spiro atoms. The molecule has 1 aliphatic carbocycles. The molecule has 4 rings (SSSR count). The lowest BCUT2D eigenvalue weighted by molar-refractivity contribution is -0.123. The maximum atomic E-state index is 12.6. The number of ether oxygens (including phenoxy) is 2. The van der Waals surface area contributed by atoms with Gasteiger partial charge in [0.1, 0.15) is 17.9 Å². The van der Waals surface area contributed by atoms with Crippen LogP contribution in [0.15, 0.2) is 59.0 Å². The van der Waals surface area contributed by atoms with E-state index in [4.69, 9.17) is 13.9 Å². The molecule has 1 fully saturated rings. The lowest BCUT2D eigenvalue weighted by Crippen LogP contribution is -2.42. The SMILES string of the molecule is O=C(COC(=O)c1oc2ccccc2c1COc1ccccc1)NC(=O)NC1CC1. The maximum absolute atomic E-state index is 12.6. The quantitative estimate of drug-likeness (QED) is 0.582. The average Bonchev–Trinajstić information content (AvgIpc) is 3.48. The van der Waals surface area contributed by atoms with Gasteiger partial charge in [0.25, 0.3) is 5.91 Å². The second-order valence-electron chi connectivity index (χ2n) is 6.88. The molecule has 8 heteroatoms. The summed E-state index contributed by atoms with van der Waals surface area (Å²) in [7, 11) is 0. The third kappa shape index (κ3) is 4.78. The van der Waals surface area contributed by atoms with Crippen LogP contribution in [0, 0.1) is 0 Å². The summed E-state index contributed by atoms with van der Waals surface area (Å²) in [6.45, 7) is -0.519. The molecule has 154 valence electrons. The number of carbonyl (C=O) groups excluding carboxylic acids is 3. The fourth-order valence-electron chi connectivity index (χ4n) is 2.89. The highest BCUT2D eigenvalue weighted by Gasteiger charge is 2.25. The Morgan fingerprint density at radius 1 is 1.00 bits per heavy atom. The number of urea groups is 1. The average molecular weight is 408 g/mol. The third-order valence-corrected chi connectivity index (χ3v) is 4.51. The fraction of sp³-hybridized carbons (Fsp3) is 0.227. The van der Waals surface area contributed by atoms with Crippen LogP contribution in [-0.4, -0.2) is 30.6 Å². The number of nitrogens with one attached hydrogen (secondary N) is 2. The molecule has 1 saturated carbocycles. The first-order valence-corrected chi connectivity index (χ1v) is 9.56. The van der Waals surface area contributed by atoms with Crippen LogP contribution in [0.5, 0.6) is 5.75 Å². The van der Waals surface area contributed by atoms with Crippen molar-refractivity contribution in [2.45, 2.75) is 25.5 Å². The zero-order chi connectivity index (χ0) is 20.9. The van der Waals surface area contributed by atoms with Crippen LogP contribution >= 0.6 is 0 Å². The normalized spacial score (nSPS) is 12.9. The largest absolute Gasteiger partial charge is 0.489 e. The number of benzene rings is 2. The molecule has 0 saturated heterocycles. The molecule has 1 aliphatic rings. The summed E-state index contributed by atoms with van der Waals surface area (Å²) in [4.78, 5) is 36.0. The number of esters is 1. The van der Waals surface area contributed by atoms with E-state index in [1.54, 1.807) is 24.3 Å². The van der Waals surface area contributed by atoms with Crippen molar-refractivity contribution in [1.29, 1.82) is 0 Å². The second kappa shape index (κ2) is 8.69. The van der Waals surface area contributed by atoms with Crippen LogP contribution in [0.4, 0.5) is 4.79 Å². The Balaban J connectivity index is 1.43. The highest BCUT2D eigenvalue weighted by Crippen LogP contribution is 2.28. The van der Waals surface area contributed by atoms with Crippen LogP contribution in [0.3, 0.4) is 0 Å². The van der Waals surface area contributed by atoms with Gasteiger partial charge >= 0.3 is 12.0 Å². The molecule has 2 aromatic carbocycles. The molecular weight excluding hydrogens is 388 g/mol. The van der Waals surface area contributed by atoms with Crippen LogP contribution < -0.4 is 15.4 Å². The Hall–Kier alpha value is -3.81. The van der Waals surface area contributed by atoms with E-state index in [2.05, 4.69) is 10.6 Å². The van der Waals surface area contributed by atoms with Gasteiger partial charge in [-0.3, -0.25) is 10.1 Å². The predicted octanol–water partition coefficient (Wildman–Crippen LogP) is 3.16. The second-order valence-corrected chi connectivity index (χ2v) is 6.88. The Bertz CT molecular complexity index is 1070. The van der Waals surface area contributed by atoms with E-state index in [-0.39, 0.29) is 18.4 Å². The van der Waals surface area contributed by atoms with Gasteiger partial charge in [0.2, 0.25) is 5.76 Å². The van der Waals surface area contributed by atoms with Crippen molar-refractivity contribution in [2.75, 3.05) is 6.61 Å². The van der Waals surface area contributed by atoms with Gasteiger partial charge in [0.05, 0.1) is 5.56 Å². The highest BCUT2D eigenvalue weighted by molar-refractivity contribution is 5.99. The van der Waals surface area contributed by atoms with Gasteiger partial charge in [-0.25, -0.2) is 9.59 Å². The molecule has 0 aliphatic heterocycles. The van der Waals surface area contributed by atoms with Crippen LogP contribution in [0.1, 0.15) is 29.0 Å². The van der Waals surface area contributed by atoms with Gasteiger partial charge in [0.15, 0.2) is 6.61 Å². The number of fused-ring (bicyclic) bond motifs is 1. The molecule has 0 radical (unpaired) electrons. The van der Waals surface area contributed by atoms with Gasteiger partial charge in [-0.2, -0.15) is 0 Å². The predicted molar refractivity (Wildman–Crippen MR) is 107 cm³/mol. The molecule has 3 aromatic rings. The number of amides is 3. The van der Waals surface area contributed by atoms with E-state index in [0.717, 1.165) is 12.8 Å². The Kier molecular flexibility index (Phi) is 5.65. The highest BCUT2D eigenvalue weighted by atomic mass is 16.5. The minimum Gasteiger partial charge on any atom is -0.489 e. The molecule has 1 aromatic heterocycles. The van der Waals surface area contributed by atoms with E-state index in [9.17, 15) is 14.4 Å². The van der Waals surface area contributed by atoms with Crippen molar-refractivity contribution in [3.05, 3.63) is 65.9 Å². The molecule has 0 atom stereocenters. The van der Waals surface area contributed by atoms with Crippen LogP contribution in [0.25, 0.3) is 11.0 Å². The Morgan fingerprint density at radius 2 is 1.73 bits per heavy atom. The van der Waals surface area contributed by atoms with Gasteiger partial charge in [-0.15, -0.1) is 0 Å². The zero-order valence-electron chi connectivity index (χ0n) is 16.1. The van der Waals surface area contributed by atoms with E-state index >= 15 is 0 Å². The Morgan fingerprint density at radius 3 is 2.50 bits per heavy atom. The summed E-state index contributed by atoms with van der Waals surface area (Å²) < 4.78 is 16.5. The van der Waals surface area contributed by atoms with Crippen molar-refractivity contribution >= 4 is 28.9 Å². The van der Waals surface area contributed by atoms with Gasteiger partial charge < -0.3 is 19.2 Å². The number of rotatable bonds is 7. The van der Waals surface area contributed by atoms with Gasteiger partial charge in [0, 0.05) is 11.4 Å². The zero-order valence-corrected chi connectivity index (χ0v) is 16.1. The number of furan rings is 1. The monoisotopic (exact) mass is 408 g/mol. The number of hydrogen-bond donors (Lipinski definition) is 2. The fourth-order valence-corrected chi connectivity index (χ4v) is 2.89. The summed E-state index contributed by atoms with van der Waals surface area (Å²) in [6.07, 6.45) is 1.80.